The monoisotopic (exact) mass is 240 g/mol. The zero-order valence-corrected chi connectivity index (χ0v) is 10.2. The molecule has 0 aliphatic rings. The van der Waals surface area contributed by atoms with E-state index in [0.29, 0.717) is 0 Å². The molecule has 0 radical (unpaired) electrons. The van der Waals surface area contributed by atoms with Gasteiger partial charge in [-0.1, -0.05) is 5.92 Å². The molecule has 3 heteroatoms. The van der Waals surface area contributed by atoms with Gasteiger partial charge in [-0.2, -0.15) is 0 Å². The number of hydrogen-bond donors (Lipinski definition) is 2. The van der Waals surface area contributed by atoms with Gasteiger partial charge in [-0.3, -0.25) is 0 Å². The molecule has 0 fully saturated rings. The fourth-order valence-corrected chi connectivity index (χ4v) is 1.69. The molecule has 1 heterocycles. The van der Waals surface area contributed by atoms with Gasteiger partial charge in [0.05, 0.1) is 5.52 Å². The van der Waals surface area contributed by atoms with E-state index in [1.807, 2.05) is 12.1 Å². The highest BCUT2D eigenvalue weighted by atomic mass is 16.3. The Balaban J connectivity index is 2.12. The molecule has 18 heavy (non-hydrogen) atoms. The van der Waals surface area contributed by atoms with Crippen LogP contribution in [0.15, 0.2) is 30.3 Å². The van der Waals surface area contributed by atoms with Crippen LogP contribution in [0.2, 0.25) is 0 Å². The zero-order valence-electron chi connectivity index (χ0n) is 10.2. The molecule has 2 aromatic rings. The lowest BCUT2D eigenvalue weighted by atomic mass is 10.2. The molecule has 0 aliphatic carbocycles. The van der Waals surface area contributed by atoms with E-state index in [2.05, 4.69) is 16.8 Å². The van der Waals surface area contributed by atoms with Crippen molar-refractivity contribution in [2.75, 3.05) is 6.54 Å². The Morgan fingerprint density at radius 3 is 2.89 bits per heavy atom. The second kappa shape index (κ2) is 6.04. The third-order valence-corrected chi connectivity index (χ3v) is 2.65. The van der Waals surface area contributed by atoms with Gasteiger partial charge in [-0.25, -0.2) is 4.98 Å². The maximum Gasteiger partial charge on any atom is 0.116 e. The average molecular weight is 240 g/mol. The van der Waals surface area contributed by atoms with Crippen molar-refractivity contribution in [1.82, 2.24) is 4.98 Å². The first-order valence-electron chi connectivity index (χ1n) is 6.08. The van der Waals surface area contributed by atoms with E-state index in [-0.39, 0.29) is 5.75 Å². The summed E-state index contributed by atoms with van der Waals surface area (Å²) in [6, 6.07) is 8.92. The Morgan fingerprint density at radius 1 is 1.17 bits per heavy atom. The van der Waals surface area contributed by atoms with E-state index in [4.69, 9.17) is 5.73 Å². The van der Waals surface area contributed by atoms with Crippen molar-refractivity contribution in [1.29, 1.82) is 0 Å². The first-order valence-corrected chi connectivity index (χ1v) is 6.08. The number of aromatic hydroxyl groups is 1. The molecule has 1 aromatic heterocycles. The predicted octanol–water partition coefficient (Wildman–Crippen LogP) is 2.42. The molecule has 0 spiro atoms. The molecule has 0 saturated heterocycles. The molecular weight excluding hydrogens is 224 g/mol. The first-order chi connectivity index (χ1) is 8.79. The smallest absolute Gasteiger partial charge is 0.116 e. The summed E-state index contributed by atoms with van der Waals surface area (Å²) >= 11 is 0. The van der Waals surface area contributed by atoms with Crippen molar-refractivity contribution in [2.45, 2.75) is 19.3 Å². The maximum atomic E-state index is 9.36. The van der Waals surface area contributed by atoms with Crippen LogP contribution in [0.1, 0.15) is 25.0 Å². The summed E-state index contributed by atoms with van der Waals surface area (Å²) in [5.41, 5.74) is 7.03. The van der Waals surface area contributed by atoms with Gasteiger partial charge in [0.25, 0.3) is 0 Å². The van der Waals surface area contributed by atoms with Crippen LogP contribution in [0.3, 0.4) is 0 Å². The van der Waals surface area contributed by atoms with Crippen LogP contribution in [-0.4, -0.2) is 16.6 Å². The van der Waals surface area contributed by atoms with Crippen LogP contribution < -0.4 is 5.73 Å². The number of hydrogen-bond acceptors (Lipinski definition) is 3. The van der Waals surface area contributed by atoms with E-state index in [1.165, 1.54) is 0 Å². The number of benzene rings is 1. The Kier molecular flexibility index (Phi) is 4.16. The fourth-order valence-electron chi connectivity index (χ4n) is 1.69. The number of nitrogens with zero attached hydrogens (tertiary/aromatic N) is 1. The Bertz CT molecular complexity index is 596. The van der Waals surface area contributed by atoms with E-state index in [0.717, 1.165) is 42.4 Å². The summed E-state index contributed by atoms with van der Waals surface area (Å²) in [4.78, 5) is 4.42. The summed E-state index contributed by atoms with van der Waals surface area (Å²) in [5.74, 6) is 6.40. The highest BCUT2D eigenvalue weighted by molar-refractivity contribution is 5.80. The van der Waals surface area contributed by atoms with Gasteiger partial charge >= 0.3 is 0 Å². The minimum absolute atomic E-state index is 0.255. The summed E-state index contributed by atoms with van der Waals surface area (Å²) in [6.07, 6.45) is 2.90. The molecule has 0 bridgehead atoms. The van der Waals surface area contributed by atoms with Gasteiger partial charge in [0.2, 0.25) is 0 Å². The second-order valence-corrected chi connectivity index (χ2v) is 4.12. The first kappa shape index (κ1) is 12.4. The third kappa shape index (κ3) is 3.22. The number of nitrogens with two attached hydrogens (primary N) is 1. The number of phenolic OH excluding ortho intramolecular Hbond substituents is 1. The quantitative estimate of drug-likeness (QED) is 0.640. The van der Waals surface area contributed by atoms with Gasteiger partial charge in [0, 0.05) is 11.8 Å². The van der Waals surface area contributed by atoms with Crippen molar-refractivity contribution >= 4 is 10.9 Å². The Morgan fingerprint density at radius 2 is 2.06 bits per heavy atom. The summed E-state index contributed by atoms with van der Waals surface area (Å²) in [5, 5.41) is 10.3. The highest BCUT2D eigenvalue weighted by Gasteiger charge is 1.97. The van der Waals surface area contributed by atoms with Crippen LogP contribution in [0.25, 0.3) is 10.9 Å². The number of fused-ring (bicyclic) bond motifs is 1. The fraction of sp³-hybridized carbons (Fsp3) is 0.267. The van der Waals surface area contributed by atoms with Gasteiger partial charge < -0.3 is 10.8 Å². The largest absolute Gasteiger partial charge is 0.508 e. The topological polar surface area (TPSA) is 59.1 Å². The van der Waals surface area contributed by atoms with Gasteiger partial charge in [-0.05, 0) is 55.6 Å². The molecule has 0 aliphatic heterocycles. The van der Waals surface area contributed by atoms with Crippen molar-refractivity contribution in [3.63, 3.8) is 0 Å². The molecule has 3 N–H and O–H groups in total. The van der Waals surface area contributed by atoms with E-state index in [9.17, 15) is 5.11 Å². The lowest BCUT2D eigenvalue weighted by Crippen LogP contribution is -1.96. The minimum atomic E-state index is 0.255. The second-order valence-electron chi connectivity index (χ2n) is 4.12. The molecule has 92 valence electrons. The van der Waals surface area contributed by atoms with Crippen molar-refractivity contribution < 1.29 is 5.11 Å². The third-order valence-electron chi connectivity index (χ3n) is 2.65. The predicted molar refractivity (Wildman–Crippen MR) is 73.2 cm³/mol. The molecular formula is C15H16N2O. The van der Waals surface area contributed by atoms with E-state index < -0.39 is 0 Å². The number of unbranched alkanes of at least 4 members (excludes halogenated alkanes) is 2. The molecule has 1 aromatic carbocycles. The van der Waals surface area contributed by atoms with E-state index >= 15 is 0 Å². The minimum Gasteiger partial charge on any atom is -0.508 e. The summed E-state index contributed by atoms with van der Waals surface area (Å²) in [7, 11) is 0. The number of rotatable bonds is 3. The molecule has 2 rings (SSSR count). The number of aromatic nitrogens is 1. The van der Waals surface area contributed by atoms with Crippen LogP contribution >= 0.6 is 0 Å². The normalized spacial score (nSPS) is 10.1. The molecule has 0 atom stereocenters. The van der Waals surface area contributed by atoms with Crippen molar-refractivity contribution in [3.8, 4) is 17.6 Å². The highest BCUT2D eigenvalue weighted by Crippen LogP contribution is 2.18. The van der Waals surface area contributed by atoms with Crippen LogP contribution in [-0.2, 0) is 0 Å². The molecule has 3 nitrogen and oxygen atoms in total. The lowest BCUT2D eigenvalue weighted by Gasteiger charge is -1.98. The SMILES string of the molecule is NCCCCC#Cc1ccc2cc(O)ccc2n1. The van der Waals surface area contributed by atoms with Crippen molar-refractivity contribution in [2.24, 2.45) is 5.73 Å². The van der Waals surface area contributed by atoms with Crippen LogP contribution in [0.4, 0.5) is 0 Å². The standard InChI is InChI=1S/C15H16N2O/c16-10-4-2-1-3-5-13-7-6-12-11-14(18)8-9-15(12)17-13/h6-9,11,18H,1-2,4,10,16H2. The number of phenols is 1. The Hall–Kier alpha value is -2.05. The van der Waals surface area contributed by atoms with Crippen LogP contribution in [0.5, 0.6) is 5.75 Å². The molecule has 0 saturated carbocycles. The van der Waals surface area contributed by atoms with Gasteiger partial charge in [0.1, 0.15) is 11.4 Å². The van der Waals surface area contributed by atoms with Crippen LogP contribution in [0, 0.1) is 11.8 Å². The summed E-state index contributed by atoms with van der Waals surface area (Å²) in [6.45, 7) is 0.722. The number of pyridine rings is 1. The van der Waals surface area contributed by atoms with E-state index in [1.54, 1.807) is 18.2 Å². The molecule has 0 amide bonds. The van der Waals surface area contributed by atoms with Crippen molar-refractivity contribution in [3.05, 3.63) is 36.0 Å². The Labute approximate surface area is 107 Å². The lowest BCUT2D eigenvalue weighted by molar-refractivity contribution is 0.476. The zero-order chi connectivity index (χ0) is 12.8. The molecule has 0 unspecified atom stereocenters. The van der Waals surface area contributed by atoms with Gasteiger partial charge in [0.15, 0.2) is 0 Å². The maximum absolute atomic E-state index is 9.36. The summed E-state index contributed by atoms with van der Waals surface area (Å²) < 4.78 is 0. The average Bonchev–Trinajstić information content (AvgIpc) is 2.38. The van der Waals surface area contributed by atoms with Gasteiger partial charge in [-0.15, -0.1) is 0 Å².